The molecule has 4 rings (SSSR count). The number of hydrogen-bond acceptors (Lipinski definition) is 8. The number of carbonyl (C=O) groups excluding carboxylic acids is 1. The van der Waals surface area contributed by atoms with Crippen molar-refractivity contribution in [3.8, 4) is 5.75 Å². The quantitative estimate of drug-likeness (QED) is 0.279. The van der Waals surface area contributed by atoms with Crippen molar-refractivity contribution in [1.82, 2.24) is 15.3 Å². The number of halogens is 1. The lowest BCUT2D eigenvalue weighted by Crippen LogP contribution is -2.42. The predicted octanol–water partition coefficient (Wildman–Crippen LogP) is 6.15. The van der Waals surface area contributed by atoms with Crippen molar-refractivity contribution in [3.63, 3.8) is 0 Å². The maximum Gasteiger partial charge on any atom is 0.407 e. The Morgan fingerprint density at radius 2 is 1.64 bits per heavy atom. The molecule has 0 unspecified atom stereocenters. The summed E-state index contributed by atoms with van der Waals surface area (Å²) in [6, 6.07) is 12.3. The summed E-state index contributed by atoms with van der Waals surface area (Å²) in [4.78, 5) is 21.2. The third-order valence-corrected chi connectivity index (χ3v) is 9.23. The minimum Gasteiger partial charge on any atom is -0.496 e. The lowest BCUT2D eigenvalue weighted by atomic mass is 9.91. The van der Waals surface area contributed by atoms with E-state index in [1.807, 2.05) is 45.3 Å². The summed E-state index contributed by atoms with van der Waals surface area (Å²) in [6.07, 6.45) is 8.20. The van der Waals surface area contributed by atoms with Crippen LogP contribution in [0.25, 0.3) is 0 Å². The molecule has 1 saturated carbocycles. The minimum atomic E-state index is -3.60. The van der Waals surface area contributed by atoms with Gasteiger partial charge < -0.3 is 20.1 Å². The summed E-state index contributed by atoms with van der Waals surface area (Å²) in [5.74, 6) is 1.05. The Bertz CT molecular complexity index is 1470. The molecule has 1 aromatic heterocycles. The molecule has 9 nitrogen and oxygen atoms in total. The second-order valence-electron chi connectivity index (χ2n) is 11.6. The average Bonchev–Trinajstić information content (AvgIpc) is 2.93. The molecular formula is C31H39ClN4O5S. The Labute approximate surface area is 253 Å². The van der Waals surface area contributed by atoms with E-state index in [1.165, 1.54) is 6.07 Å². The molecule has 0 aliphatic heterocycles. The molecule has 3 aromatic rings. The number of amides is 1. The third-order valence-electron chi connectivity index (χ3n) is 7.05. The largest absolute Gasteiger partial charge is 0.496 e. The summed E-state index contributed by atoms with van der Waals surface area (Å²) in [5.41, 5.74) is 2.07. The summed E-state index contributed by atoms with van der Waals surface area (Å²) in [5, 5.41) is 6.59. The molecule has 42 heavy (non-hydrogen) atoms. The molecule has 0 bridgehead atoms. The molecule has 1 heterocycles. The molecule has 1 fully saturated rings. The van der Waals surface area contributed by atoms with Gasteiger partial charge in [-0.1, -0.05) is 35.9 Å². The van der Waals surface area contributed by atoms with Crippen molar-refractivity contribution in [2.24, 2.45) is 0 Å². The van der Waals surface area contributed by atoms with E-state index in [0.29, 0.717) is 30.1 Å². The van der Waals surface area contributed by atoms with Crippen LogP contribution in [0.15, 0.2) is 59.8 Å². The van der Waals surface area contributed by atoms with E-state index in [9.17, 15) is 13.2 Å². The van der Waals surface area contributed by atoms with Gasteiger partial charge in [-0.25, -0.2) is 23.2 Å². The van der Waals surface area contributed by atoms with Crippen LogP contribution in [-0.4, -0.2) is 49.3 Å². The monoisotopic (exact) mass is 614 g/mol. The number of alkyl carbamates (subject to hydrolysis) is 1. The van der Waals surface area contributed by atoms with Crippen LogP contribution in [0, 0.1) is 0 Å². The summed E-state index contributed by atoms with van der Waals surface area (Å²) < 4.78 is 36.7. The molecule has 2 aromatic carbocycles. The van der Waals surface area contributed by atoms with Gasteiger partial charge in [-0.2, -0.15) is 0 Å². The molecule has 0 spiro atoms. The highest BCUT2D eigenvalue weighted by atomic mass is 35.5. The lowest BCUT2D eigenvalue weighted by Gasteiger charge is -2.30. The van der Waals surface area contributed by atoms with Crippen molar-refractivity contribution in [2.75, 3.05) is 12.4 Å². The van der Waals surface area contributed by atoms with Crippen LogP contribution in [0.4, 0.5) is 10.7 Å². The number of benzene rings is 2. The number of rotatable bonds is 10. The topological polar surface area (TPSA) is 120 Å². The second-order valence-corrected chi connectivity index (χ2v) is 14.0. The van der Waals surface area contributed by atoms with Gasteiger partial charge >= 0.3 is 6.09 Å². The van der Waals surface area contributed by atoms with Gasteiger partial charge in [-0.05, 0) is 94.2 Å². The van der Waals surface area contributed by atoms with E-state index in [0.717, 1.165) is 36.8 Å². The molecule has 1 aliphatic carbocycles. The Morgan fingerprint density at radius 1 is 0.976 bits per heavy atom. The smallest absolute Gasteiger partial charge is 0.407 e. The number of anilines is 1. The lowest BCUT2D eigenvalue weighted by molar-refractivity contribution is 0.0492. The van der Waals surface area contributed by atoms with Crippen LogP contribution in [0.3, 0.4) is 0 Å². The van der Waals surface area contributed by atoms with Gasteiger partial charge in [-0.15, -0.1) is 0 Å². The van der Waals surface area contributed by atoms with Crippen LogP contribution in [0.1, 0.15) is 63.1 Å². The first-order valence-corrected chi connectivity index (χ1v) is 16.1. The molecule has 11 heteroatoms. The number of hydrogen-bond donors (Lipinski definition) is 2. The Morgan fingerprint density at radius 3 is 2.29 bits per heavy atom. The summed E-state index contributed by atoms with van der Waals surface area (Å²) in [7, 11) is -2.02. The highest BCUT2D eigenvalue weighted by Gasteiger charge is 2.25. The number of aryl methyl sites for hydroxylation is 2. The van der Waals surface area contributed by atoms with Gasteiger partial charge in [0.25, 0.3) is 0 Å². The molecule has 0 radical (unpaired) electrons. The van der Waals surface area contributed by atoms with E-state index in [1.54, 1.807) is 31.4 Å². The SMILES string of the molecule is COc1cc(CS(=O)(=O)c2ccccc2Cl)ccc1CCc1cnc(NC2CCC(NC(=O)OC(C)(C)C)CC2)nc1. The van der Waals surface area contributed by atoms with Crippen molar-refractivity contribution >= 4 is 33.5 Å². The zero-order chi connectivity index (χ0) is 30.3. The molecule has 1 aliphatic rings. The second kappa shape index (κ2) is 13.7. The molecule has 226 valence electrons. The van der Waals surface area contributed by atoms with E-state index >= 15 is 0 Å². The Hall–Kier alpha value is -3.37. The van der Waals surface area contributed by atoms with Crippen LogP contribution in [0.5, 0.6) is 5.75 Å². The fourth-order valence-electron chi connectivity index (χ4n) is 4.96. The van der Waals surface area contributed by atoms with Crippen molar-refractivity contribution in [2.45, 2.75) is 87.6 Å². The third kappa shape index (κ3) is 9.06. The Balaban J connectivity index is 1.27. The molecule has 0 atom stereocenters. The molecular weight excluding hydrogens is 576 g/mol. The fourth-order valence-corrected chi connectivity index (χ4v) is 6.87. The van der Waals surface area contributed by atoms with Crippen LogP contribution in [0.2, 0.25) is 5.02 Å². The first kappa shape index (κ1) is 31.6. The van der Waals surface area contributed by atoms with Gasteiger partial charge in [0.15, 0.2) is 9.84 Å². The number of aromatic nitrogens is 2. The minimum absolute atomic E-state index is 0.110. The predicted molar refractivity (Wildman–Crippen MR) is 164 cm³/mol. The van der Waals surface area contributed by atoms with E-state index in [-0.39, 0.29) is 33.8 Å². The number of nitrogens with zero attached hydrogens (tertiary/aromatic N) is 2. The van der Waals surface area contributed by atoms with Crippen LogP contribution >= 0.6 is 11.6 Å². The molecule has 0 saturated heterocycles. The number of nitrogens with one attached hydrogen (secondary N) is 2. The number of ether oxygens (including phenoxy) is 2. The van der Waals surface area contributed by atoms with Crippen molar-refractivity contribution < 1.29 is 22.7 Å². The zero-order valence-electron chi connectivity index (χ0n) is 24.5. The highest BCUT2D eigenvalue weighted by Crippen LogP contribution is 2.28. The Kier molecular flexibility index (Phi) is 10.3. The van der Waals surface area contributed by atoms with Gasteiger partial charge in [0, 0.05) is 24.5 Å². The number of methoxy groups -OCH3 is 1. The number of sulfone groups is 1. The van der Waals surface area contributed by atoms with E-state index in [2.05, 4.69) is 20.6 Å². The van der Waals surface area contributed by atoms with Gasteiger partial charge in [-0.3, -0.25) is 0 Å². The fraction of sp³-hybridized carbons (Fsp3) is 0.452. The maximum atomic E-state index is 12.9. The number of carbonyl (C=O) groups is 1. The highest BCUT2D eigenvalue weighted by molar-refractivity contribution is 7.90. The van der Waals surface area contributed by atoms with Crippen molar-refractivity contribution in [3.05, 3.63) is 76.6 Å². The zero-order valence-corrected chi connectivity index (χ0v) is 26.1. The first-order valence-electron chi connectivity index (χ1n) is 14.1. The van der Waals surface area contributed by atoms with Gasteiger partial charge in [0.1, 0.15) is 11.4 Å². The maximum absolute atomic E-state index is 12.9. The molecule has 1 amide bonds. The van der Waals surface area contributed by atoms with Crippen molar-refractivity contribution in [1.29, 1.82) is 0 Å². The van der Waals surface area contributed by atoms with Gasteiger partial charge in [0.05, 0.1) is 22.8 Å². The van der Waals surface area contributed by atoms with Crippen LogP contribution in [-0.2, 0) is 33.2 Å². The van der Waals surface area contributed by atoms with Crippen LogP contribution < -0.4 is 15.4 Å². The normalized spacial score (nSPS) is 17.4. The first-order chi connectivity index (χ1) is 19.9. The van der Waals surface area contributed by atoms with E-state index < -0.39 is 15.4 Å². The summed E-state index contributed by atoms with van der Waals surface area (Å²) >= 11 is 6.12. The average molecular weight is 615 g/mol. The summed E-state index contributed by atoms with van der Waals surface area (Å²) in [6.45, 7) is 5.57. The standard InChI is InChI=1S/C31H39ClN4O5S/c1-31(2,3)41-30(37)36-25-15-13-24(14-16-25)35-29-33-18-22(19-34-29)10-12-23-11-9-21(17-27(23)40-4)20-42(38,39)28-8-6-5-7-26(28)32/h5-9,11,17-19,24-25H,10,12-16,20H2,1-4H3,(H,36,37)(H,33,34,35). The van der Waals surface area contributed by atoms with Gasteiger partial charge in [0.2, 0.25) is 5.95 Å². The molecule has 2 N–H and O–H groups in total. The van der Waals surface area contributed by atoms with E-state index in [4.69, 9.17) is 21.1 Å².